The van der Waals surface area contributed by atoms with Gasteiger partial charge in [-0.1, -0.05) is 6.58 Å². The number of hydrogen-bond donors (Lipinski definition) is 2. The van der Waals surface area contributed by atoms with Gasteiger partial charge in [-0.25, -0.2) is 18.7 Å². The monoisotopic (exact) mass is 406 g/mol. The van der Waals surface area contributed by atoms with Gasteiger partial charge in [-0.3, -0.25) is 9.59 Å². The minimum absolute atomic E-state index is 0.131. The first kappa shape index (κ1) is 20.7. The number of piperazine rings is 1. The number of fused-ring (bicyclic) bond motifs is 1. The number of aromatic amines is 1. The Bertz CT molecular complexity index is 950. The zero-order valence-electron chi connectivity index (χ0n) is 16.6. The Kier molecular flexibility index (Phi) is 5.29. The second-order valence-corrected chi connectivity index (χ2v) is 7.81. The van der Waals surface area contributed by atoms with E-state index in [1.54, 1.807) is 11.1 Å². The first-order chi connectivity index (χ1) is 13.5. The number of hydrogen-bond acceptors (Lipinski definition) is 5. The maximum absolute atomic E-state index is 13.0. The molecule has 3 rings (SSSR count). The lowest BCUT2D eigenvalue weighted by Gasteiger charge is -2.47. The van der Waals surface area contributed by atoms with E-state index in [2.05, 4.69) is 26.8 Å². The van der Waals surface area contributed by atoms with Gasteiger partial charge < -0.3 is 20.1 Å². The minimum atomic E-state index is -3.01. The molecule has 1 saturated heterocycles. The molecule has 156 valence electrons. The highest BCUT2D eigenvalue weighted by Crippen LogP contribution is 2.26. The molecule has 0 radical (unpaired) electrons. The molecule has 0 aromatic carbocycles. The summed E-state index contributed by atoms with van der Waals surface area (Å²) in [4.78, 5) is 39.8. The smallest absolute Gasteiger partial charge is 0.262 e. The predicted octanol–water partition coefficient (Wildman–Crippen LogP) is 1.96. The number of rotatable bonds is 5. The van der Waals surface area contributed by atoms with E-state index in [1.165, 1.54) is 12.3 Å². The van der Waals surface area contributed by atoms with Crippen LogP contribution in [-0.4, -0.2) is 69.3 Å². The Balaban J connectivity index is 1.84. The Labute approximate surface area is 167 Å². The number of amides is 2. The van der Waals surface area contributed by atoms with Gasteiger partial charge in [-0.2, -0.15) is 0 Å². The third kappa shape index (κ3) is 4.36. The van der Waals surface area contributed by atoms with Crippen molar-refractivity contribution in [3.05, 3.63) is 30.6 Å². The number of nitrogens with one attached hydrogen (secondary N) is 2. The third-order valence-corrected chi connectivity index (χ3v) is 4.84. The maximum atomic E-state index is 13.0. The number of nitrogens with zero attached hydrogens (tertiary/aromatic N) is 4. The summed E-state index contributed by atoms with van der Waals surface area (Å²) in [5.74, 6) is -3.24. The standard InChI is InChI=1S/C19H24F2N6O2/c1-5-14(28)27-7-6-26(11-18(27,2)3)13-9-23-16-15(25-13)12(8-22-16)17(29)24-10-19(4,20)21/h5,8-9H,1,6-7,10-11H2,2-4H3,(H,22,23)(H,24,29). The minimum Gasteiger partial charge on any atom is -0.351 e. The highest BCUT2D eigenvalue weighted by Gasteiger charge is 2.36. The molecule has 0 unspecified atom stereocenters. The molecule has 1 aliphatic rings. The summed E-state index contributed by atoms with van der Waals surface area (Å²) in [7, 11) is 0. The Hall–Kier alpha value is -3.04. The molecule has 0 spiro atoms. The van der Waals surface area contributed by atoms with E-state index >= 15 is 0 Å². The molecule has 10 heteroatoms. The molecule has 2 N–H and O–H groups in total. The van der Waals surface area contributed by atoms with Crippen molar-refractivity contribution in [3.63, 3.8) is 0 Å². The summed E-state index contributed by atoms with van der Waals surface area (Å²) >= 11 is 0. The Morgan fingerprint density at radius 2 is 2.14 bits per heavy atom. The van der Waals surface area contributed by atoms with Crippen LogP contribution < -0.4 is 10.2 Å². The fourth-order valence-corrected chi connectivity index (χ4v) is 3.41. The summed E-state index contributed by atoms with van der Waals surface area (Å²) in [6.07, 6.45) is 4.29. The number of carbonyl (C=O) groups excluding carboxylic acids is 2. The number of alkyl halides is 2. The van der Waals surface area contributed by atoms with E-state index in [-0.39, 0.29) is 11.5 Å². The van der Waals surface area contributed by atoms with Gasteiger partial charge in [0, 0.05) is 32.8 Å². The van der Waals surface area contributed by atoms with Crippen molar-refractivity contribution in [2.24, 2.45) is 0 Å². The summed E-state index contributed by atoms with van der Waals surface area (Å²) < 4.78 is 26.1. The van der Waals surface area contributed by atoms with Crippen molar-refractivity contribution < 1.29 is 18.4 Å². The largest absolute Gasteiger partial charge is 0.351 e. The van der Waals surface area contributed by atoms with Crippen LogP contribution in [0.15, 0.2) is 25.0 Å². The quantitative estimate of drug-likeness (QED) is 0.741. The zero-order chi connectivity index (χ0) is 21.4. The number of aromatic nitrogens is 3. The van der Waals surface area contributed by atoms with Crippen LogP contribution in [0.2, 0.25) is 0 Å². The van der Waals surface area contributed by atoms with Crippen LogP contribution in [0.5, 0.6) is 0 Å². The highest BCUT2D eigenvalue weighted by molar-refractivity contribution is 6.04. The van der Waals surface area contributed by atoms with Gasteiger partial charge in [-0.15, -0.1) is 0 Å². The van der Waals surface area contributed by atoms with Gasteiger partial charge in [0.25, 0.3) is 11.8 Å². The van der Waals surface area contributed by atoms with Crippen LogP contribution in [0.25, 0.3) is 11.2 Å². The maximum Gasteiger partial charge on any atom is 0.262 e. The van der Waals surface area contributed by atoms with E-state index in [0.29, 0.717) is 36.6 Å². The lowest BCUT2D eigenvalue weighted by atomic mass is 9.98. The molecule has 1 fully saturated rings. The van der Waals surface area contributed by atoms with Crippen molar-refractivity contribution >= 4 is 28.8 Å². The summed E-state index contributed by atoms with van der Waals surface area (Å²) in [5.41, 5.74) is 0.396. The molecule has 0 saturated carbocycles. The highest BCUT2D eigenvalue weighted by atomic mass is 19.3. The molecular formula is C19H24F2N6O2. The number of carbonyl (C=O) groups is 2. The molecule has 29 heavy (non-hydrogen) atoms. The fourth-order valence-electron chi connectivity index (χ4n) is 3.41. The van der Waals surface area contributed by atoms with Crippen molar-refractivity contribution in [2.45, 2.75) is 32.2 Å². The molecule has 0 aliphatic carbocycles. The first-order valence-corrected chi connectivity index (χ1v) is 9.21. The zero-order valence-corrected chi connectivity index (χ0v) is 16.6. The number of H-pyrrole nitrogens is 1. The normalized spacial score (nSPS) is 16.7. The lowest BCUT2D eigenvalue weighted by Crippen LogP contribution is -2.61. The van der Waals surface area contributed by atoms with Crippen LogP contribution in [0.4, 0.5) is 14.6 Å². The molecule has 2 aromatic heterocycles. The molecule has 1 aliphatic heterocycles. The molecule has 3 heterocycles. The summed E-state index contributed by atoms with van der Waals surface area (Å²) in [6, 6.07) is 0. The Morgan fingerprint density at radius 3 is 2.76 bits per heavy atom. The first-order valence-electron chi connectivity index (χ1n) is 9.21. The van der Waals surface area contributed by atoms with Gasteiger partial charge in [0.15, 0.2) is 5.65 Å². The van der Waals surface area contributed by atoms with Crippen molar-refractivity contribution in [3.8, 4) is 0 Å². The SMILES string of the molecule is C=CC(=O)N1CCN(c2cnc3[nH]cc(C(=O)NCC(C)(F)F)c3n2)CC1(C)C. The van der Waals surface area contributed by atoms with Gasteiger partial charge >= 0.3 is 0 Å². The average molecular weight is 406 g/mol. The second-order valence-electron chi connectivity index (χ2n) is 7.81. The van der Waals surface area contributed by atoms with Crippen LogP contribution in [-0.2, 0) is 4.79 Å². The van der Waals surface area contributed by atoms with Crippen LogP contribution in [0.3, 0.4) is 0 Å². The molecule has 0 bridgehead atoms. The van der Waals surface area contributed by atoms with Crippen LogP contribution in [0, 0.1) is 0 Å². The van der Waals surface area contributed by atoms with Crippen molar-refractivity contribution in [2.75, 3.05) is 31.1 Å². The van der Waals surface area contributed by atoms with Gasteiger partial charge in [0.2, 0.25) is 5.91 Å². The summed E-state index contributed by atoms with van der Waals surface area (Å²) in [5, 5.41) is 2.21. The van der Waals surface area contributed by atoms with E-state index in [0.717, 1.165) is 6.92 Å². The molecule has 2 amide bonds. The Morgan fingerprint density at radius 1 is 1.41 bits per heavy atom. The van der Waals surface area contributed by atoms with E-state index in [4.69, 9.17) is 0 Å². The topological polar surface area (TPSA) is 94.2 Å². The van der Waals surface area contributed by atoms with Gasteiger partial charge in [-0.05, 0) is 19.9 Å². The average Bonchev–Trinajstić information content (AvgIpc) is 3.07. The molecule has 2 aromatic rings. The van der Waals surface area contributed by atoms with E-state index in [1.807, 2.05) is 18.7 Å². The van der Waals surface area contributed by atoms with Crippen molar-refractivity contribution in [1.82, 2.24) is 25.2 Å². The van der Waals surface area contributed by atoms with E-state index in [9.17, 15) is 18.4 Å². The van der Waals surface area contributed by atoms with Gasteiger partial charge in [0.05, 0.1) is 23.8 Å². The van der Waals surface area contributed by atoms with Crippen LogP contribution >= 0.6 is 0 Å². The molecule has 0 atom stereocenters. The van der Waals surface area contributed by atoms with Crippen LogP contribution in [0.1, 0.15) is 31.1 Å². The van der Waals surface area contributed by atoms with E-state index < -0.39 is 23.9 Å². The lowest BCUT2D eigenvalue weighted by molar-refractivity contribution is -0.131. The number of halogens is 2. The van der Waals surface area contributed by atoms with Crippen molar-refractivity contribution in [1.29, 1.82) is 0 Å². The fraction of sp³-hybridized carbons (Fsp3) is 0.474. The van der Waals surface area contributed by atoms with Gasteiger partial charge in [0.1, 0.15) is 11.3 Å². The molecular weight excluding hydrogens is 382 g/mol. The summed E-state index contributed by atoms with van der Waals surface area (Å²) in [6.45, 7) is 8.96. The number of anilines is 1. The second kappa shape index (κ2) is 7.41. The third-order valence-electron chi connectivity index (χ3n) is 4.84. The predicted molar refractivity (Wildman–Crippen MR) is 105 cm³/mol. The molecule has 8 nitrogen and oxygen atoms in total.